The predicted octanol–water partition coefficient (Wildman–Crippen LogP) is 2.92. The van der Waals surface area contributed by atoms with Crippen molar-refractivity contribution >= 4 is 11.9 Å². The van der Waals surface area contributed by atoms with Gasteiger partial charge in [0, 0.05) is 6.04 Å². The second-order valence-corrected chi connectivity index (χ2v) is 6.18. The molecule has 0 spiro atoms. The Hall–Kier alpha value is -2.82. The van der Waals surface area contributed by atoms with E-state index in [1.54, 1.807) is 31.4 Å². The topological polar surface area (TPSA) is 64.6 Å². The van der Waals surface area contributed by atoms with E-state index in [4.69, 9.17) is 9.47 Å². The summed E-state index contributed by atoms with van der Waals surface area (Å²) in [5.74, 6) is 0.0156. The van der Waals surface area contributed by atoms with Gasteiger partial charge >= 0.3 is 5.97 Å². The molecule has 5 heteroatoms. The molecule has 0 heterocycles. The number of rotatable bonds is 9. The van der Waals surface area contributed by atoms with Crippen LogP contribution < -0.4 is 10.1 Å². The van der Waals surface area contributed by atoms with E-state index in [0.717, 1.165) is 24.2 Å². The monoisotopic (exact) mass is 355 g/mol. The first-order valence-electron chi connectivity index (χ1n) is 8.68. The molecule has 0 unspecified atom stereocenters. The minimum absolute atomic E-state index is 0.0167. The average molecular weight is 355 g/mol. The van der Waals surface area contributed by atoms with E-state index in [1.807, 2.05) is 25.1 Å². The molecule has 1 N–H and O–H groups in total. The quantitative estimate of drug-likeness (QED) is 0.703. The Bertz CT molecular complexity index is 698. The lowest BCUT2D eigenvalue weighted by atomic mass is 10.1. The summed E-state index contributed by atoms with van der Waals surface area (Å²) in [6.07, 6.45) is 1.84. The summed E-state index contributed by atoms with van der Waals surface area (Å²) in [6, 6.07) is 17.3. The van der Waals surface area contributed by atoms with Crippen molar-refractivity contribution in [1.82, 2.24) is 5.32 Å². The van der Waals surface area contributed by atoms with Gasteiger partial charge in [0.25, 0.3) is 5.91 Å². The molecule has 0 fully saturated rings. The molecule has 1 amide bonds. The summed E-state index contributed by atoms with van der Waals surface area (Å²) >= 11 is 0. The SMILES string of the molecule is COc1ccc(CC(=O)OCC(=O)N[C@@H](C)CCc2ccccc2)cc1. The molecule has 2 rings (SSSR count). The summed E-state index contributed by atoms with van der Waals surface area (Å²) in [5.41, 5.74) is 2.05. The molecule has 0 saturated heterocycles. The van der Waals surface area contributed by atoms with Gasteiger partial charge in [-0.3, -0.25) is 9.59 Å². The van der Waals surface area contributed by atoms with E-state index < -0.39 is 5.97 Å². The van der Waals surface area contributed by atoms with Crippen LogP contribution in [0.4, 0.5) is 0 Å². The fourth-order valence-electron chi connectivity index (χ4n) is 2.52. The minimum Gasteiger partial charge on any atom is -0.497 e. The number of amides is 1. The van der Waals surface area contributed by atoms with Crippen molar-refractivity contribution in [3.63, 3.8) is 0 Å². The first-order valence-corrected chi connectivity index (χ1v) is 8.68. The van der Waals surface area contributed by atoms with Gasteiger partial charge in [-0.1, -0.05) is 42.5 Å². The lowest BCUT2D eigenvalue weighted by Crippen LogP contribution is -2.36. The number of benzene rings is 2. The molecule has 0 aliphatic carbocycles. The number of aryl methyl sites for hydroxylation is 1. The Balaban J connectivity index is 1.66. The van der Waals surface area contributed by atoms with Crippen LogP contribution >= 0.6 is 0 Å². The molecule has 5 nitrogen and oxygen atoms in total. The molecular formula is C21H25NO4. The number of hydrogen-bond donors (Lipinski definition) is 1. The second-order valence-electron chi connectivity index (χ2n) is 6.18. The lowest BCUT2D eigenvalue weighted by molar-refractivity contribution is -0.148. The van der Waals surface area contributed by atoms with Crippen molar-refractivity contribution in [2.45, 2.75) is 32.2 Å². The second kappa shape index (κ2) is 10.2. The van der Waals surface area contributed by atoms with Crippen LogP contribution in [0.3, 0.4) is 0 Å². The van der Waals surface area contributed by atoms with Gasteiger partial charge in [-0.05, 0) is 43.0 Å². The Morgan fingerprint density at radius 3 is 2.35 bits per heavy atom. The molecule has 0 aliphatic heterocycles. The standard InChI is InChI=1S/C21H25NO4/c1-16(8-9-17-6-4-3-5-7-17)22-20(23)15-26-21(24)14-18-10-12-19(25-2)13-11-18/h3-7,10-13,16H,8-9,14-15H2,1-2H3,(H,22,23)/t16-/m0/s1. The number of carbonyl (C=O) groups is 2. The summed E-state index contributed by atoms with van der Waals surface area (Å²) < 4.78 is 10.1. The molecule has 1 atom stereocenters. The normalized spacial score (nSPS) is 11.5. The zero-order valence-electron chi connectivity index (χ0n) is 15.2. The fraction of sp³-hybridized carbons (Fsp3) is 0.333. The highest BCUT2D eigenvalue weighted by Crippen LogP contribution is 2.12. The summed E-state index contributed by atoms with van der Waals surface area (Å²) in [6.45, 7) is 1.69. The maximum Gasteiger partial charge on any atom is 0.310 e. The maximum atomic E-state index is 11.9. The smallest absolute Gasteiger partial charge is 0.310 e. The third kappa shape index (κ3) is 6.97. The highest BCUT2D eigenvalue weighted by atomic mass is 16.5. The summed E-state index contributed by atoms with van der Waals surface area (Å²) in [7, 11) is 1.59. The number of esters is 1. The van der Waals surface area contributed by atoms with Gasteiger partial charge < -0.3 is 14.8 Å². The van der Waals surface area contributed by atoms with E-state index in [-0.39, 0.29) is 25.0 Å². The van der Waals surface area contributed by atoms with Crippen molar-refractivity contribution < 1.29 is 19.1 Å². The third-order valence-electron chi connectivity index (χ3n) is 3.99. The van der Waals surface area contributed by atoms with E-state index in [9.17, 15) is 9.59 Å². The van der Waals surface area contributed by atoms with Crippen LogP contribution in [0.5, 0.6) is 5.75 Å². The molecule has 2 aromatic rings. The average Bonchev–Trinajstić information content (AvgIpc) is 2.66. The van der Waals surface area contributed by atoms with Gasteiger partial charge in [-0.25, -0.2) is 0 Å². The van der Waals surface area contributed by atoms with Crippen LogP contribution in [0.2, 0.25) is 0 Å². The number of ether oxygens (including phenoxy) is 2. The van der Waals surface area contributed by atoms with Gasteiger partial charge in [0.2, 0.25) is 0 Å². The van der Waals surface area contributed by atoms with Gasteiger partial charge in [0.1, 0.15) is 5.75 Å². The molecule has 2 aromatic carbocycles. The predicted molar refractivity (Wildman–Crippen MR) is 100 cm³/mol. The molecule has 26 heavy (non-hydrogen) atoms. The molecule has 0 aromatic heterocycles. The van der Waals surface area contributed by atoms with Crippen molar-refractivity contribution in [3.8, 4) is 5.75 Å². The number of nitrogens with one attached hydrogen (secondary N) is 1. The molecule has 0 saturated carbocycles. The van der Waals surface area contributed by atoms with Crippen molar-refractivity contribution in [2.24, 2.45) is 0 Å². The van der Waals surface area contributed by atoms with Crippen LogP contribution in [-0.4, -0.2) is 31.6 Å². The molecule has 138 valence electrons. The Morgan fingerprint density at radius 2 is 1.69 bits per heavy atom. The van der Waals surface area contributed by atoms with Gasteiger partial charge in [0.15, 0.2) is 6.61 Å². The van der Waals surface area contributed by atoms with Crippen LogP contribution in [-0.2, 0) is 27.2 Å². The molecule has 0 radical (unpaired) electrons. The van der Waals surface area contributed by atoms with Gasteiger partial charge in [-0.15, -0.1) is 0 Å². The van der Waals surface area contributed by atoms with E-state index >= 15 is 0 Å². The first-order chi connectivity index (χ1) is 12.6. The molecule has 0 bridgehead atoms. The Kier molecular flexibility index (Phi) is 7.68. The van der Waals surface area contributed by atoms with E-state index in [1.165, 1.54) is 5.56 Å². The zero-order chi connectivity index (χ0) is 18.8. The fourth-order valence-corrected chi connectivity index (χ4v) is 2.52. The van der Waals surface area contributed by atoms with Crippen LogP contribution in [0.25, 0.3) is 0 Å². The number of hydrogen-bond acceptors (Lipinski definition) is 4. The summed E-state index contributed by atoms with van der Waals surface area (Å²) in [5, 5.41) is 2.85. The molecular weight excluding hydrogens is 330 g/mol. The highest BCUT2D eigenvalue weighted by molar-refractivity contribution is 5.81. The van der Waals surface area contributed by atoms with E-state index in [0.29, 0.717) is 0 Å². The number of carbonyl (C=O) groups excluding carboxylic acids is 2. The van der Waals surface area contributed by atoms with Crippen molar-refractivity contribution in [1.29, 1.82) is 0 Å². The zero-order valence-corrected chi connectivity index (χ0v) is 15.2. The summed E-state index contributed by atoms with van der Waals surface area (Å²) in [4.78, 5) is 23.7. The third-order valence-corrected chi connectivity index (χ3v) is 3.99. The van der Waals surface area contributed by atoms with Crippen LogP contribution in [0.15, 0.2) is 54.6 Å². The maximum absolute atomic E-state index is 11.9. The first kappa shape index (κ1) is 19.5. The lowest BCUT2D eigenvalue weighted by Gasteiger charge is -2.14. The van der Waals surface area contributed by atoms with Crippen molar-refractivity contribution in [3.05, 3.63) is 65.7 Å². The van der Waals surface area contributed by atoms with Gasteiger partial charge in [0.05, 0.1) is 13.5 Å². The number of methoxy groups -OCH3 is 1. The largest absolute Gasteiger partial charge is 0.497 e. The highest BCUT2D eigenvalue weighted by Gasteiger charge is 2.11. The molecule has 0 aliphatic rings. The van der Waals surface area contributed by atoms with Crippen molar-refractivity contribution in [2.75, 3.05) is 13.7 Å². The Labute approximate surface area is 154 Å². The van der Waals surface area contributed by atoms with Crippen LogP contribution in [0.1, 0.15) is 24.5 Å². The Morgan fingerprint density at radius 1 is 1.00 bits per heavy atom. The van der Waals surface area contributed by atoms with Crippen LogP contribution in [0, 0.1) is 0 Å². The minimum atomic E-state index is -0.428. The van der Waals surface area contributed by atoms with E-state index in [2.05, 4.69) is 17.4 Å². The van der Waals surface area contributed by atoms with Gasteiger partial charge in [-0.2, -0.15) is 0 Å².